The van der Waals surface area contributed by atoms with Crippen molar-refractivity contribution in [1.82, 2.24) is 10.2 Å². The lowest BCUT2D eigenvalue weighted by Gasteiger charge is -2.34. The highest BCUT2D eigenvalue weighted by molar-refractivity contribution is 7.92. The summed E-state index contributed by atoms with van der Waals surface area (Å²) < 4.78 is 53.9. The number of halogens is 1. The van der Waals surface area contributed by atoms with Gasteiger partial charge < -0.3 is 19.7 Å². The molecule has 1 aliphatic heterocycles. The van der Waals surface area contributed by atoms with Crippen molar-refractivity contribution in [3.63, 3.8) is 0 Å². The maximum absolute atomic E-state index is 14.1. The summed E-state index contributed by atoms with van der Waals surface area (Å²) in [6, 6.07) is 17.1. The molecule has 0 aliphatic carbocycles. The minimum Gasteiger partial charge on any atom is -0.486 e. The number of hydrogen-bond acceptors (Lipinski definition) is 6. The van der Waals surface area contributed by atoms with Gasteiger partial charge in [-0.2, -0.15) is 0 Å². The summed E-state index contributed by atoms with van der Waals surface area (Å²) in [7, 11) is -4.22. The first kappa shape index (κ1) is 30.8. The monoisotopic (exact) mass is 597 g/mol. The molecule has 0 fully saturated rings. The largest absolute Gasteiger partial charge is 0.486 e. The number of anilines is 1. The molecule has 0 spiro atoms. The molecule has 2 atom stereocenters. The van der Waals surface area contributed by atoms with Crippen molar-refractivity contribution in [3.8, 4) is 11.5 Å². The average molecular weight is 598 g/mol. The number of amides is 2. The lowest BCUT2D eigenvalue weighted by atomic mass is 10.1. The second-order valence-electron chi connectivity index (χ2n) is 10.0. The summed E-state index contributed by atoms with van der Waals surface area (Å²) in [5, 5.41) is 2.93. The van der Waals surface area contributed by atoms with Crippen LogP contribution >= 0.6 is 0 Å². The number of ether oxygens (including phenoxy) is 2. The smallest absolute Gasteiger partial charge is 0.264 e. The van der Waals surface area contributed by atoms with E-state index in [0.717, 1.165) is 4.31 Å². The van der Waals surface area contributed by atoms with Gasteiger partial charge in [0, 0.05) is 18.7 Å². The number of nitrogens with zero attached hydrogens (tertiary/aromatic N) is 2. The lowest BCUT2D eigenvalue weighted by molar-refractivity contribution is -0.140. The second-order valence-corrected chi connectivity index (χ2v) is 11.9. The molecule has 0 bridgehead atoms. The topological polar surface area (TPSA) is 105 Å². The number of nitrogens with one attached hydrogen (secondary N) is 1. The first-order valence-corrected chi connectivity index (χ1v) is 15.4. The Kier molecular flexibility index (Phi) is 10.1. The highest BCUT2D eigenvalue weighted by atomic mass is 32.2. The zero-order chi connectivity index (χ0) is 30.3. The van der Waals surface area contributed by atoms with Crippen LogP contribution in [-0.2, 0) is 26.2 Å². The molecule has 2 unspecified atom stereocenters. The third-order valence-electron chi connectivity index (χ3n) is 7.08. The molecule has 1 aliphatic rings. The van der Waals surface area contributed by atoms with E-state index in [9.17, 15) is 22.4 Å². The van der Waals surface area contributed by atoms with Crippen molar-refractivity contribution in [2.45, 2.75) is 57.1 Å². The highest BCUT2D eigenvalue weighted by Gasteiger charge is 2.34. The van der Waals surface area contributed by atoms with Crippen molar-refractivity contribution < 1.29 is 31.9 Å². The molecule has 0 saturated heterocycles. The van der Waals surface area contributed by atoms with Gasteiger partial charge in [0.05, 0.1) is 10.6 Å². The third-order valence-corrected chi connectivity index (χ3v) is 8.87. The first-order valence-electron chi connectivity index (χ1n) is 14.0. The molecule has 3 aromatic rings. The summed E-state index contributed by atoms with van der Waals surface area (Å²) in [6.07, 6.45) is 0.978. The molecule has 1 N–H and O–H groups in total. The molecule has 42 heavy (non-hydrogen) atoms. The van der Waals surface area contributed by atoms with E-state index in [1.165, 1.54) is 47.4 Å². The Bertz CT molecular complexity index is 1480. The molecule has 0 aromatic heterocycles. The van der Waals surface area contributed by atoms with Gasteiger partial charge in [0.15, 0.2) is 11.5 Å². The van der Waals surface area contributed by atoms with E-state index in [2.05, 4.69) is 5.32 Å². The molecule has 0 radical (unpaired) electrons. The van der Waals surface area contributed by atoms with Crippen LogP contribution in [0.2, 0.25) is 0 Å². The molecule has 1 heterocycles. The van der Waals surface area contributed by atoms with Gasteiger partial charge in [0.1, 0.15) is 31.6 Å². The van der Waals surface area contributed by atoms with E-state index >= 15 is 0 Å². The normalized spacial score (nSPS) is 14.0. The minimum atomic E-state index is -4.22. The van der Waals surface area contributed by atoms with Crippen molar-refractivity contribution in [1.29, 1.82) is 0 Å². The van der Waals surface area contributed by atoms with Crippen LogP contribution in [0, 0.1) is 5.82 Å². The molecule has 224 valence electrons. The van der Waals surface area contributed by atoms with Gasteiger partial charge in [0.2, 0.25) is 11.8 Å². The van der Waals surface area contributed by atoms with Crippen LogP contribution in [-0.4, -0.2) is 57.0 Å². The SMILES string of the molecule is CCC(C)NC(=O)C(CC)N(Cc1ccc(F)cc1)C(=O)CN(c1ccc2c(c1)OCCO2)S(=O)(=O)c1ccccc1. The fourth-order valence-electron chi connectivity index (χ4n) is 4.58. The summed E-state index contributed by atoms with van der Waals surface area (Å²) in [6.45, 7) is 5.64. The fourth-order valence-corrected chi connectivity index (χ4v) is 6.01. The van der Waals surface area contributed by atoms with E-state index in [1.54, 1.807) is 37.3 Å². The van der Waals surface area contributed by atoms with Gasteiger partial charge >= 0.3 is 0 Å². The van der Waals surface area contributed by atoms with Crippen LogP contribution in [0.4, 0.5) is 10.1 Å². The van der Waals surface area contributed by atoms with Crippen LogP contribution in [0.25, 0.3) is 0 Å². The fraction of sp³-hybridized carbons (Fsp3) is 0.355. The Morgan fingerprint density at radius 1 is 0.929 bits per heavy atom. The van der Waals surface area contributed by atoms with Gasteiger partial charge in [-0.05, 0) is 61.7 Å². The molecular formula is C31H36FN3O6S. The zero-order valence-corrected chi connectivity index (χ0v) is 24.8. The van der Waals surface area contributed by atoms with E-state index in [1.807, 2.05) is 13.8 Å². The van der Waals surface area contributed by atoms with Crippen molar-refractivity contribution in [2.75, 3.05) is 24.1 Å². The Hall–Kier alpha value is -4.12. The van der Waals surface area contributed by atoms with Crippen molar-refractivity contribution >= 4 is 27.5 Å². The van der Waals surface area contributed by atoms with Crippen LogP contribution in [0.3, 0.4) is 0 Å². The minimum absolute atomic E-state index is 0.000621. The summed E-state index contributed by atoms with van der Waals surface area (Å²) in [4.78, 5) is 28.8. The number of sulfonamides is 1. The highest BCUT2D eigenvalue weighted by Crippen LogP contribution is 2.36. The summed E-state index contributed by atoms with van der Waals surface area (Å²) in [5.74, 6) is -0.544. The molecule has 3 aromatic carbocycles. The van der Waals surface area contributed by atoms with Gasteiger partial charge in [0.25, 0.3) is 10.0 Å². The maximum Gasteiger partial charge on any atom is 0.264 e. The molecular weight excluding hydrogens is 561 g/mol. The third kappa shape index (κ3) is 7.20. The van der Waals surface area contributed by atoms with E-state index in [-0.39, 0.29) is 35.5 Å². The Morgan fingerprint density at radius 2 is 1.60 bits per heavy atom. The van der Waals surface area contributed by atoms with Crippen LogP contribution in [0.1, 0.15) is 39.2 Å². The van der Waals surface area contributed by atoms with Gasteiger partial charge in [-0.15, -0.1) is 0 Å². The van der Waals surface area contributed by atoms with Crippen LogP contribution in [0.5, 0.6) is 11.5 Å². The quantitative estimate of drug-likeness (QED) is 0.329. The number of rotatable bonds is 12. The predicted octanol–water partition coefficient (Wildman–Crippen LogP) is 4.51. The van der Waals surface area contributed by atoms with Gasteiger partial charge in [-0.25, -0.2) is 12.8 Å². The van der Waals surface area contributed by atoms with Crippen LogP contribution in [0.15, 0.2) is 77.7 Å². The average Bonchev–Trinajstić information content (AvgIpc) is 3.00. The number of fused-ring (bicyclic) bond motifs is 1. The zero-order valence-electron chi connectivity index (χ0n) is 24.0. The van der Waals surface area contributed by atoms with Gasteiger partial charge in [-0.3, -0.25) is 13.9 Å². The number of benzene rings is 3. The first-order chi connectivity index (χ1) is 20.1. The maximum atomic E-state index is 14.1. The van der Waals surface area contributed by atoms with E-state index < -0.39 is 34.3 Å². The van der Waals surface area contributed by atoms with Crippen molar-refractivity contribution in [2.24, 2.45) is 0 Å². The summed E-state index contributed by atoms with van der Waals surface area (Å²) in [5.41, 5.74) is 0.798. The Labute approximate surface area is 246 Å². The van der Waals surface area contributed by atoms with E-state index in [0.29, 0.717) is 36.7 Å². The molecule has 4 rings (SSSR count). The molecule has 0 saturated carbocycles. The number of carbonyl (C=O) groups excluding carboxylic acids is 2. The van der Waals surface area contributed by atoms with Crippen molar-refractivity contribution in [3.05, 3.63) is 84.2 Å². The summed E-state index contributed by atoms with van der Waals surface area (Å²) >= 11 is 0. The number of carbonyl (C=O) groups is 2. The molecule has 2 amide bonds. The number of hydrogen-bond donors (Lipinski definition) is 1. The Balaban J connectivity index is 1.75. The Morgan fingerprint density at radius 3 is 2.24 bits per heavy atom. The predicted molar refractivity (Wildman–Crippen MR) is 157 cm³/mol. The standard InChI is InChI=1S/C31H36FN3O6S/c1-4-22(3)33-31(37)27(5-2)34(20-23-11-13-24(32)14-12-23)30(36)21-35(42(38,39)26-9-7-6-8-10-26)25-15-16-28-29(19-25)41-18-17-40-28/h6-16,19,22,27H,4-5,17-18,20-21H2,1-3H3,(H,33,37). The molecule has 11 heteroatoms. The second kappa shape index (κ2) is 13.7. The molecule has 9 nitrogen and oxygen atoms in total. The van der Waals surface area contributed by atoms with E-state index in [4.69, 9.17) is 9.47 Å². The van der Waals surface area contributed by atoms with Gasteiger partial charge in [-0.1, -0.05) is 44.2 Å². The lowest BCUT2D eigenvalue weighted by Crippen LogP contribution is -2.53. The van der Waals surface area contributed by atoms with Crippen LogP contribution < -0.4 is 19.1 Å².